The summed E-state index contributed by atoms with van der Waals surface area (Å²) in [7, 11) is 2.10. The van der Waals surface area contributed by atoms with Gasteiger partial charge < -0.3 is 25.1 Å². The summed E-state index contributed by atoms with van der Waals surface area (Å²) in [4.78, 5) is 17.0. The summed E-state index contributed by atoms with van der Waals surface area (Å²) in [6.45, 7) is 6.75. The lowest BCUT2D eigenvalue weighted by Crippen LogP contribution is -2.23. The molecule has 2 aromatic rings. The fraction of sp³-hybridized carbons (Fsp3) is 0.636. The first-order valence-electron chi connectivity index (χ1n) is 11.5. The Morgan fingerprint density at radius 3 is 2.81 bits per heavy atom. The van der Waals surface area contributed by atoms with Crippen LogP contribution in [0.2, 0.25) is 0 Å². The van der Waals surface area contributed by atoms with Crippen molar-refractivity contribution in [3.63, 3.8) is 0 Å². The molecule has 5 rings (SSSR count). The molecule has 1 aliphatic carbocycles. The molecule has 0 aromatic carbocycles. The van der Waals surface area contributed by atoms with E-state index in [9.17, 15) is 0 Å². The Labute approximate surface area is 188 Å². The molecule has 32 heavy (non-hydrogen) atoms. The Bertz CT molecular complexity index is 971. The van der Waals surface area contributed by atoms with Crippen molar-refractivity contribution in [2.24, 2.45) is 11.1 Å². The van der Waals surface area contributed by atoms with E-state index < -0.39 is 0 Å². The minimum Gasteiger partial charge on any atom is -0.473 e. The number of nitrogens with one attached hydrogen (secondary N) is 3. The number of rotatable bonds is 9. The van der Waals surface area contributed by atoms with Gasteiger partial charge in [0, 0.05) is 43.3 Å². The van der Waals surface area contributed by atoms with Crippen LogP contribution in [0.15, 0.2) is 17.3 Å². The van der Waals surface area contributed by atoms with Gasteiger partial charge in [0.15, 0.2) is 5.82 Å². The van der Waals surface area contributed by atoms with Crippen LogP contribution in [-0.4, -0.2) is 69.7 Å². The highest BCUT2D eigenvalue weighted by Crippen LogP contribution is 2.39. The van der Waals surface area contributed by atoms with Crippen LogP contribution in [0.5, 0.6) is 5.88 Å². The lowest BCUT2D eigenvalue weighted by Gasteiger charge is -2.16. The standard InChI is InChI=1S/C22H32N8O2/c1-13(2)17-8-16(32-29-17)11-23-22-25-19(24-20-9-18(27-28-20)14-4-5-14)10-21(26-22)31-15-6-7-30(3)12-15/h9-10,13-16H,4-8,11-12H2,1-3H3,(H3,23,24,25,26,27,28). The van der Waals surface area contributed by atoms with Crippen LogP contribution in [-0.2, 0) is 4.84 Å². The fourth-order valence-corrected chi connectivity index (χ4v) is 4.03. The number of aromatic amines is 1. The molecule has 1 saturated heterocycles. The Morgan fingerprint density at radius 1 is 1.22 bits per heavy atom. The highest BCUT2D eigenvalue weighted by Gasteiger charge is 2.26. The number of aromatic nitrogens is 4. The van der Waals surface area contributed by atoms with E-state index in [1.165, 1.54) is 18.5 Å². The first-order chi connectivity index (χ1) is 15.5. The van der Waals surface area contributed by atoms with E-state index in [0.29, 0.717) is 36.0 Å². The third-order valence-corrected chi connectivity index (χ3v) is 6.12. The van der Waals surface area contributed by atoms with Crippen molar-refractivity contribution in [3.8, 4) is 5.88 Å². The van der Waals surface area contributed by atoms with Gasteiger partial charge in [-0.05, 0) is 32.2 Å². The molecule has 1 saturated carbocycles. The topological polar surface area (TPSA) is 113 Å². The van der Waals surface area contributed by atoms with Crippen molar-refractivity contribution in [1.82, 2.24) is 25.1 Å². The molecule has 4 heterocycles. The van der Waals surface area contributed by atoms with Gasteiger partial charge in [-0.15, -0.1) is 0 Å². The van der Waals surface area contributed by atoms with Crippen LogP contribution in [0.4, 0.5) is 17.6 Å². The minimum absolute atomic E-state index is 0.0205. The number of likely N-dealkylation sites (tertiary alicyclic amines) is 1. The highest BCUT2D eigenvalue weighted by molar-refractivity contribution is 5.87. The summed E-state index contributed by atoms with van der Waals surface area (Å²) in [6, 6.07) is 3.89. The smallest absolute Gasteiger partial charge is 0.228 e. The van der Waals surface area contributed by atoms with Gasteiger partial charge in [0.1, 0.15) is 18.0 Å². The van der Waals surface area contributed by atoms with E-state index in [-0.39, 0.29) is 12.2 Å². The van der Waals surface area contributed by atoms with Crippen molar-refractivity contribution in [3.05, 3.63) is 17.8 Å². The molecule has 10 nitrogen and oxygen atoms in total. The van der Waals surface area contributed by atoms with Crippen LogP contribution in [0, 0.1) is 5.92 Å². The lowest BCUT2D eigenvalue weighted by atomic mass is 10.0. The summed E-state index contributed by atoms with van der Waals surface area (Å²) < 4.78 is 6.18. The predicted octanol–water partition coefficient (Wildman–Crippen LogP) is 3.12. The van der Waals surface area contributed by atoms with E-state index in [4.69, 9.17) is 9.57 Å². The van der Waals surface area contributed by atoms with Gasteiger partial charge >= 0.3 is 0 Å². The molecule has 172 valence electrons. The number of anilines is 3. The van der Waals surface area contributed by atoms with Crippen LogP contribution in [0.25, 0.3) is 0 Å². The number of oxime groups is 1. The zero-order valence-electron chi connectivity index (χ0n) is 19.0. The molecule has 2 unspecified atom stereocenters. The van der Waals surface area contributed by atoms with E-state index in [1.54, 1.807) is 0 Å². The number of H-pyrrole nitrogens is 1. The lowest BCUT2D eigenvalue weighted by molar-refractivity contribution is 0.0947. The first-order valence-corrected chi connectivity index (χ1v) is 11.5. The largest absolute Gasteiger partial charge is 0.473 e. The molecule has 2 aliphatic heterocycles. The van der Waals surface area contributed by atoms with Crippen LogP contribution in [0.3, 0.4) is 0 Å². The molecular weight excluding hydrogens is 408 g/mol. The van der Waals surface area contributed by atoms with Gasteiger partial charge in [0.2, 0.25) is 11.8 Å². The number of hydrogen-bond donors (Lipinski definition) is 3. The van der Waals surface area contributed by atoms with E-state index >= 15 is 0 Å². The van der Waals surface area contributed by atoms with Crippen LogP contribution in [0.1, 0.15) is 51.1 Å². The zero-order chi connectivity index (χ0) is 22.1. The van der Waals surface area contributed by atoms with Crippen LogP contribution < -0.4 is 15.4 Å². The summed E-state index contributed by atoms with van der Waals surface area (Å²) >= 11 is 0. The van der Waals surface area contributed by atoms with Crippen molar-refractivity contribution in [2.45, 2.75) is 57.7 Å². The van der Waals surface area contributed by atoms with Gasteiger partial charge in [-0.25, -0.2) is 0 Å². The Morgan fingerprint density at radius 2 is 2.09 bits per heavy atom. The monoisotopic (exact) mass is 440 g/mol. The second-order valence-electron chi connectivity index (χ2n) is 9.36. The average Bonchev–Trinajstić information content (AvgIpc) is 3.12. The van der Waals surface area contributed by atoms with Crippen molar-refractivity contribution < 1.29 is 9.57 Å². The number of ether oxygens (including phenoxy) is 1. The second kappa shape index (κ2) is 8.93. The molecule has 3 N–H and O–H groups in total. The van der Waals surface area contributed by atoms with E-state index in [2.05, 4.69) is 67.8 Å². The summed E-state index contributed by atoms with van der Waals surface area (Å²) in [6.07, 6.45) is 4.36. The molecule has 3 aliphatic rings. The fourth-order valence-electron chi connectivity index (χ4n) is 4.03. The molecule has 0 bridgehead atoms. The van der Waals surface area contributed by atoms with Gasteiger partial charge in [-0.1, -0.05) is 19.0 Å². The van der Waals surface area contributed by atoms with Crippen molar-refractivity contribution in [2.75, 3.05) is 37.3 Å². The summed E-state index contributed by atoms with van der Waals surface area (Å²) in [5.74, 6) is 3.44. The Balaban J connectivity index is 1.28. The third-order valence-electron chi connectivity index (χ3n) is 6.12. The van der Waals surface area contributed by atoms with Gasteiger partial charge in [0.05, 0.1) is 12.3 Å². The van der Waals surface area contributed by atoms with E-state index in [0.717, 1.165) is 37.5 Å². The Hall–Kier alpha value is -2.88. The third kappa shape index (κ3) is 5.12. The molecule has 0 spiro atoms. The first kappa shape index (κ1) is 21.0. The number of hydrogen-bond acceptors (Lipinski definition) is 9. The molecule has 10 heteroatoms. The maximum atomic E-state index is 6.18. The molecule has 2 atom stereocenters. The quantitative estimate of drug-likeness (QED) is 0.545. The van der Waals surface area contributed by atoms with Gasteiger partial charge in [-0.3, -0.25) is 5.10 Å². The highest BCUT2D eigenvalue weighted by atomic mass is 16.6. The number of nitrogens with zero attached hydrogens (tertiary/aromatic N) is 5. The maximum absolute atomic E-state index is 6.18. The maximum Gasteiger partial charge on any atom is 0.228 e. The molecular formula is C22H32N8O2. The Kier molecular flexibility index (Phi) is 5.86. The minimum atomic E-state index is -0.0205. The van der Waals surface area contributed by atoms with Gasteiger partial charge in [-0.2, -0.15) is 15.1 Å². The average molecular weight is 441 g/mol. The molecule has 0 radical (unpaired) electrons. The summed E-state index contributed by atoms with van der Waals surface area (Å²) in [5, 5.41) is 18.3. The second-order valence-corrected chi connectivity index (χ2v) is 9.36. The summed E-state index contributed by atoms with van der Waals surface area (Å²) in [5.41, 5.74) is 2.26. The predicted molar refractivity (Wildman–Crippen MR) is 123 cm³/mol. The van der Waals surface area contributed by atoms with Gasteiger partial charge in [0.25, 0.3) is 0 Å². The number of likely N-dealkylation sites (N-methyl/N-ethyl adjacent to an activating group) is 1. The molecule has 0 amide bonds. The van der Waals surface area contributed by atoms with Crippen molar-refractivity contribution in [1.29, 1.82) is 0 Å². The zero-order valence-corrected chi connectivity index (χ0v) is 19.0. The molecule has 2 fully saturated rings. The van der Waals surface area contributed by atoms with E-state index in [1.807, 2.05) is 6.07 Å². The van der Waals surface area contributed by atoms with Crippen LogP contribution >= 0.6 is 0 Å². The molecule has 2 aromatic heterocycles. The SMILES string of the molecule is CC(C)C1=NOC(CNc2nc(Nc3cc(C4CC4)[nH]n3)cc(OC3CCN(C)C3)n2)C1. The normalized spacial score (nSPS) is 23.3. The van der Waals surface area contributed by atoms with Crippen molar-refractivity contribution >= 4 is 23.3 Å².